The van der Waals surface area contributed by atoms with Crippen LogP contribution in [-0.2, 0) is 10.0 Å². The zero-order valence-electron chi connectivity index (χ0n) is 15.1. The van der Waals surface area contributed by atoms with Crippen molar-refractivity contribution in [2.75, 3.05) is 20.2 Å². The topological polar surface area (TPSA) is 116 Å². The minimum atomic E-state index is -4.04. The molecule has 2 aromatic rings. The van der Waals surface area contributed by atoms with Gasteiger partial charge in [0, 0.05) is 42.9 Å². The van der Waals surface area contributed by atoms with E-state index in [1.807, 2.05) is 0 Å². The molecule has 0 aromatic heterocycles. The summed E-state index contributed by atoms with van der Waals surface area (Å²) in [6.07, 6.45) is 0. The fraction of sp³-hybridized carbons (Fsp3) is 0.294. The normalized spacial score (nSPS) is 12.8. The Balaban J connectivity index is 2.29. The van der Waals surface area contributed by atoms with Crippen LogP contribution in [0.25, 0.3) is 0 Å². The van der Waals surface area contributed by atoms with Crippen molar-refractivity contribution in [1.82, 2.24) is 4.31 Å². The van der Waals surface area contributed by atoms with E-state index >= 15 is 0 Å². The van der Waals surface area contributed by atoms with Gasteiger partial charge in [-0.2, -0.15) is 4.31 Å². The van der Waals surface area contributed by atoms with E-state index in [9.17, 15) is 27.3 Å². The molecular weight excluding hydrogens is 396 g/mol. The number of methoxy groups -OCH3 is 1. The number of likely N-dealkylation sites (N-methyl/N-ethyl adjacent to an activating group) is 1. The Morgan fingerprint density at radius 1 is 1.21 bits per heavy atom. The van der Waals surface area contributed by atoms with Gasteiger partial charge in [0.2, 0.25) is 10.0 Å². The van der Waals surface area contributed by atoms with Gasteiger partial charge in [0.15, 0.2) is 11.6 Å². The molecule has 0 saturated carbocycles. The number of hydrogen-bond acceptors (Lipinski definition) is 6. The van der Waals surface area contributed by atoms with Crippen LogP contribution in [0.1, 0.15) is 18.5 Å². The third kappa shape index (κ3) is 4.43. The average Bonchev–Trinajstić information content (AvgIpc) is 2.67. The molecule has 2 N–H and O–H groups in total. The van der Waals surface area contributed by atoms with E-state index < -0.39 is 32.6 Å². The zero-order valence-corrected chi connectivity index (χ0v) is 15.9. The van der Waals surface area contributed by atoms with Crippen molar-refractivity contribution in [3.8, 4) is 5.75 Å². The van der Waals surface area contributed by atoms with Gasteiger partial charge in [-0.3, -0.25) is 10.1 Å². The molecule has 8 nitrogen and oxygen atoms in total. The van der Waals surface area contributed by atoms with Gasteiger partial charge in [-0.1, -0.05) is 6.92 Å². The number of sulfonamides is 1. The molecule has 1 unspecified atom stereocenters. The van der Waals surface area contributed by atoms with Crippen molar-refractivity contribution < 1.29 is 26.9 Å². The van der Waals surface area contributed by atoms with Crippen LogP contribution in [0, 0.1) is 21.7 Å². The van der Waals surface area contributed by atoms with Crippen molar-refractivity contribution >= 4 is 15.7 Å². The van der Waals surface area contributed by atoms with Crippen LogP contribution in [0.4, 0.5) is 14.5 Å². The fourth-order valence-corrected chi connectivity index (χ4v) is 4.06. The SMILES string of the molecule is CCN(CC(N)c1cc(F)c(OC)cc1F)S(=O)(=O)c1ccc([N+](=O)[O-])cc1. The molecule has 0 fully saturated rings. The average molecular weight is 415 g/mol. The number of rotatable bonds is 8. The Kier molecular flexibility index (Phi) is 6.65. The summed E-state index contributed by atoms with van der Waals surface area (Å²) >= 11 is 0. The smallest absolute Gasteiger partial charge is 0.269 e. The van der Waals surface area contributed by atoms with Crippen LogP contribution in [0.3, 0.4) is 0 Å². The second kappa shape index (κ2) is 8.59. The van der Waals surface area contributed by atoms with Crippen LogP contribution >= 0.6 is 0 Å². The van der Waals surface area contributed by atoms with Crippen LogP contribution in [0.15, 0.2) is 41.3 Å². The van der Waals surface area contributed by atoms with Crippen molar-refractivity contribution in [3.05, 3.63) is 63.7 Å². The van der Waals surface area contributed by atoms with Crippen LogP contribution in [0.2, 0.25) is 0 Å². The molecule has 0 radical (unpaired) electrons. The number of nitrogens with two attached hydrogens (primary N) is 1. The van der Waals surface area contributed by atoms with Crippen LogP contribution in [0.5, 0.6) is 5.75 Å². The summed E-state index contributed by atoms with van der Waals surface area (Å²) in [5.41, 5.74) is 5.47. The second-order valence-electron chi connectivity index (χ2n) is 5.82. The minimum absolute atomic E-state index is 0.00722. The molecular formula is C17H19F2N3O5S. The summed E-state index contributed by atoms with van der Waals surface area (Å²) in [4.78, 5) is 9.89. The number of hydrogen-bond donors (Lipinski definition) is 1. The molecule has 2 rings (SSSR count). The minimum Gasteiger partial charge on any atom is -0.494 e. The van der Waals surface area contributed by atoms with Gasteiger partial charge < -0.3 is 10.5 Å². The maximum atomic E-state index is 14.2. The quantitative estimate of drug-likeness (QED) is 0.523. The molecule has 0 aliphatic rings. The highest BCUT2D eigenvalue weighted by molar-refractivity contribution is 7.89. The van der Waals surface area contributed by atoms with E-state index in [1.54, 1.807) is 6.92 Å². The molecule has 1 atom stereocenters. The first-order chi connectivity index (χ1) is 13.1. The number of nitro groups is 1. The van der Waals surface area contributed by atoms with Crippen molar-refractivity contribution in [2.45, 2.75) is 17.9 Å². The maximum absolute atomic E-state index is 14.2. The third-order valence-corrected chi connectivity index (χ3v) is 6.06. The van der Waals surface area contributed by atoms with Crippen molar-refractivity contribution in [3.63, 3.8) is 0 Å². The van der Waals surface area contributed by atoms with Gasteiger partial charge in [-0.15, -0.1) is 0 Å². The summed E-state index contributed by atoms with van der Waals surface area (Å²) in [6, 6.07) is 4.91. The molecule has 0 heterocycles. The molecule has 0 bridgehead atoms. The second-order valence-corrected chi connectivity index (χ2v) is 7.76. The van der Waals surface area contributed by atoms with E-state index in [-0.39, 0.29) is 35.0 Å². The van der Waals surface area contributed by atoms with E-state index in [1.165, 1.54) is 7.11 Å². The molecule has 152 valence electrons. The van der Waals surface area contributed by atoms with Crippen molar-refractivity contribution in [2.24, 2.45) is 5.73 Å². The van der Waals surface area contributed by atoms with Crippen LogP contribution < -0.4 is 10.5 Å². The number of ether oxygens (including phenoxy) is 1. The lowest BCUT2D eigenvalue weighted by molar-refractivity contribution is -0.384. The zero-order chi connectivity index (χ0) is 21.1. The number of non-ortho nitro benzene ring substituents is 1. The van der Waals surface area contributed by atoms with Gasteiger partial charge in [0.05, 0.1) is 16.9 Å². The van der Waals surface area contributed by atoms with Gasteiger partial charge in [0.25, 0.3) is 5.69 Å². The summed E-state index contributed by atoms with van der Waals surface area (Å²) in [5, 5.41) is 10.7. The molecule has 0 saturated heterocycles. The first-order valence-corrected chi connectivity index (χ1v) is 9.59. The van der Waals surface area contributed by atoms with Gasteiger partial charge in [-0.05, 0) is 18.2 Å². The van der Waals surface area contributed by atoms with E-state index in [2.05, 4.69) is 0 Å². The highest BCUT2D eigenvalue weighted by Crippen LogP contribution is 2.26. The first-order valence-electron chi connectivity index (χ1n) is 8.15. The summed E-state index contributed by atoms with van der Waals surface area (Å²) in [7, 11) is -2.86. The van der Waals surface area contributed by atoms with E-state index in [0.717, 1.165) is 40.7 Å². The largest absolute Gasteiger partial charge is 0.494 e. The lowest BCUT2D eigenvalue weighted by Gasteiger charge is -2.24. The van der Waals surface area contributed by atoms with E-state index in [4.69, 9.17) is 10.5 Å². The predicted octanol–water partition coefficient (Wildman–Crippen LogP) is 2.59. The predicted molar refractivity (Wildman–Crippen MR) is 97.4 cm³/mol. The third-order valence-electron chi connectivity index (χ3n) is 4.11. The van der Waals surface area contributed by atoms with Gasteiger partial charge in [-0.25, -0.2) is 17.2 Å². The lowest BCUT2D eigenvalue weighted by Crippen LogP contribution is -2.37. The molecule has 11 heteroatoms. The number of benzene rings is 2. The molecule has 28 heavy (non-hydrogen) atoms. The number of nitro benzene ring substituents is 1. The first kappa shape index (κ1) is 21.7. The van der Waals surface area contributed by atoms with Crippen molar-refractivity contribution in [1.29, 1.82) is 0 Å². The van der Waals surface area contributed by atoms with E-state index in [0.29, 0.717) is 0 Å². The molecule has 2 aromatic carbocycles. The standard InChI is InChI=1S/C17H19F2N3O5S/c1-3-21(28(25,26)12-6-4-11(5-7-12)22(23)24)10-16(20)13-8-15(19)17(27-2)9-14(13)18/h4-9,16H,3,10,20H2,1-2H3. The highest BCUT2D eigenvalue weighted by atomic mass is 32.2. The van der Waals surface area contributed by atoms with Gasteiger partial charge in [0.1, 0.15) is 5.82 Å². The summed E-state index contributed by atoms with van der Waals surface area (Å²) in [6.45, 7) is 1.24. The fourth-order valence-electron chi connectivity index (χ4n) is 2.59. The molecule has 0 spiro atoms. The Morgan fingerprint density at radius 3 is 2.32 bits per heavy atom. The molecule has 0 amide bonds. The Labute approximate surface area is 160 Å². The van der Waals surface area contributed by atoms with Gasteiger partial charge >= 0.3 is 0 Å². The van der Waals surface area contributed by atoms with Crippen LogP contribution in [-0.4, -0.2) is 37.8 Å². The highest BCUT2D eigenvalue weighted by Gasteiger charge is 2.27. The summed E-state index contributed by atoms with van der Waals surface area (Å²) in [5.74, 6) is -1.94. The Hall–Kier alpha value is -2.63. The Morgan fingerprint density at radius 2 is 1.82 bits per heavy atom. The number of nitrogens with zero attached hydrogens (tertiary/aromatic N) is 2. The summed E-state index contributed by atoms with van der Waals surface area (Å²) < 4.78 is 59.3. The monoisotopic (exact) mass is 415 g/mol. The lowest BCUT2D eigenvalue weighted by atomic mass is 10.1. The Bertz CT molecular complexity index is 968. The molecule has 0 aliphatic heterocycles. The molecule has 0 aliphatic carbocycles. The maximum Gasteiger partial charge on any atom is 0.269 e. The number of halogens is 2.